The smallest absolute Gasteiger partial charge is 0.0464 e. The molecule has 0 amide bonds. The largest absolute Gasteiger partial charge is 0.310 e. The van der Waals surface area contributed by atoms with Gasteiger partial charge >= 0.3 is 0 Å². The molecule has 0 aliphatic heterocycles. The van der Waals surface area contributed by atoms with Crippen molar-refractivity contribution >= 4 is 34.1 Å². The average molecular weight is 571 g/mol. The molecular formula is C42H38N2. The maximum atomic E-state index is 2.42. The second-order valence-electron chi connectivity index (χ2n) is 12.7. The van der Waals surface area contributed by atoms with Crippen LogP contribution in [0.2, 0.25) is 0 Å². The lowest BCUT2D eigenvalue weighted by Gasteiger charge is -2.45. The Morgan fingerprint density at radius 2 is 0.568 bits per heavy atom. The van der Waals surface area contributed by atoms with E-state index in [1.807, 2.05) is 0 Å². The summed E-state index contributed by atoms with van der Waals surface area (Å²) in [7, 11) is 0. The molecule has 1 aliphatic rings. The summed E-state index contributed by atoms with van der Waals surface area (Å²) in [6, 6.07) is 56.8. The van der Waals surface area contributed by atoms with Crippen molar-refractivity contribution < 1.29 is 0 Å². The van der Waals surface area contributed by atoms with E-state index in [9.17, 15) is 0 Å². The molecule has 1 aliphatic carbocycles. The number of fused-ring (bicyclic) bond motifs is 2. The zero-order valence-electron chi connectivity index (χ0n) is 25.9. The number of nitrogens with zero attached hydrogens (tertiary/aromatic N) is 2. The standard InChI is InChI=1S/C42H38N2/c1-41(2)37-27-25-36(44(33-21-13-7-14-22-33)34-23-15-8-16-24-34)30-40(37)42(3,4)38-28-26-35(29-39(38)41)43(31-17-9-5-10-18-31)32-19-11-6-12-20-32/h5-30H,1-4H3. The van der Waals surface area contributed by atoms with E-state index in [1.54, 1.807) is 0 Å². The number of anilines is 6. The number of rotatable bonds is 6. The maximum Gasteiger partial charge on any atom is 0.0464 e. The van der Waals surface area contributed by atoms with E-state index in [2.05, 4.69) is 195 Å². The van der Waals surface area contributed by atoms with Crippen LogP contribution in [0.3, 0.4) is 0 Å². The Bertz CT molecular complexity index is 1670. The van der Waals surface area contributed by atoms with Crippen molar-refractivity contribution in [2.75, 3.05) is 9.80 Å². The summed E-state index contributed by atoms with van der Waals surface area (Å²) in [5.41, 5.74) is 12.1. The van der Waals surface area contributed by atoms with Gasteiger partial charge in [-0.15, -0.1) is 0 Å². The zero-order valence-corrected chi connectivity index (χ0v) is 25.9. The number of para-hydroxylation sites is 4. The van der Waals surface area contributed by atoms with E-state index in [1.165, 1.54) is 33.6 Å². The first kappa shape index (κ1) is 27.7. The molecule has 2 nitrogen and oxygen atoms in total. The highest BCUT2D eigenvalue weighted by Gasteiger charge is 2.42. The highest BCUT2D eigenvalue weighted by atomic mass is 15.1. The van der Waals surface area contributed by atoms with Gasteiger partial charge < -0.3 is 9.80 Å². The fraction of sp³-hybridized carbons (Fsp3) is 0.143. The van der Waals surface area contributed by atoms with Gasteiger partial charge in [0.2, 0.25) is 0 Å². The summed E-state index contributed by atoms with van der Waals surface area (Å²) in [5, 5.41) is 0. The fourth-order valence-corrected chi connectivity index (χ4v) is 6.96. The van der Waals surface area contributed by atoms with Crippen LogP contribution in [0.1, 0.15) is 49.9 Å². The number of benzene rings is 6. The van der Waals surface area contributed by atoms with Crippen molar-refractivity contribution in [1.82, 2.24) is 0 Å². The van der Waals surface area contributed by atoms with Gasteiger partial charge in [0.25, 0.3) is 0 Å². The first-order valence-electron chi connectivity index (χ1n) is 15.5. The summed E-state index contributed by atoms with van der Waals surface area (Å²) >= 11 is 0. The van der Waals surface area contributed by atoms with Crippen LogP contribution in [0.15, 0.2) is 158 Å². The van der Waals surface area contributed by atoms with Gasteiger partial charge in [-0.25, -0.2) is 0 Å². The van der Waals surface area contributed by atoms with E-state index < -0.39 is 0 Å². The van der Waals surface area contributed by atoms with Gasteiger partial charge in [-0.2, -0.15) is 0 Å². The molecule has 216 valence electrons. The Labute approximate surface area is 261 Å². The molecule has 0 heterocycles. The Balaban J connectivity index is 1.37. The summed E-state index contributed by atoms with van der Waals surface area (Å²) in [6.45, 7) is 9.52. The first-order valence-corrected chi connectivity index (χ1v) is 15.5. The second-order valence-corrected chi connectivity index (χ2v) is 12.7. The molecule has 0 saturated heterocycles. The second kappa shape index (κ2) is 10.9. The van der Waals surface area contributed by atoms with E-state index in [0.717, 1.165) is 22.7 Å². The Morgan fingerprint density at radius 3 is 0.841 bits per heavy atom. The van der Waals surface area contributed by atoms with Gasteiger partial charge in [0.1, 0.15) is 0 Å². The van der Waals surface area contributed by atoms with Crippen LogP contribution in [0.4, 0.5) is 34.1 Å². The molecule has 44 heavy (non-hydrogen) atoms. The minimum absolute atomic E-state index is 0.182. The molecule has 0 unspecified atom stereocenters. The third-order valence-corrected chi connectivity index (χ3v) is 9.27. The summed E-state index contributed by atoms with van der Waals surface area (Å²) in [4.78, 5) is 4.72. The minimum Gasteiger partial charge on any atom is -0.310 e. The van der Waals surface area contributed by atoms with Crippen molar-refractivity contribution in [2.45, 2.75) is 38.5 Å². The average Bonchev–Trinajstić information content (AvgIpc) is 3.06. The van der Waals surface area contributed by atoms with Gasteiger partial charge in [-0.3, -0.25) is 0 Å². The van der Waals surface area contributed by atoms with E-state index in [0.29, 0.717) is 0 Å². The minimum atomic E-state index is -0.182. The molecule has 0 atom stereocenters. The molecule has 6 aromatic rings. The van der Waals surface area contributed by atoms with Gasteiger partial charge in [-0.1, -0.05) is 113 Å². The molecule has 0 bridgehead atoms. The molecule has 0 spiro atoms. The topological polar surface area (TPSA) is 6.48 Å². The van der Waals surface area contributed by atoms with Crippen molar-refractivity contribution in [3.8, 4) is 0 Å². The number of hydrogen-bond donors (Lipinski definition) is 0. The van der Waals surface area contributed by atoms with Crippen LogP contribution in [0.5, 0.6) is 0 Å². The lowest BCUT2D eigenvalue weighted by atomic mass is 9.60. The normalized spacial score (nSPS) is 14.3. The molecule has 6 aromatic carbocycles. The SMILES string of the molecule is CC1(C)c2ccc(N(c3ccccc3)c3ccccc3)cc2C(C)(C)c2ccc(N(c3ccccc3)c3ccccc3)cc21. The Kier molecular flexibility index (Phi) is 6.86. The predicted octanol–water partition coefficient (Wildman–Crippen LogP) is 11.6. The van der Waals surface area contributed by atoms with Crippen molar-refractivity contribution in [3.63, 3.8) is 0 Å². The Hall–Kier alpha value is -5.08. The molecule has 0 saturated carbocycles. The molecule has 2 heteroatoms. The van der Waals surface area contributed by atoms with Gasteiger partial charge in [0, 0.05) is 45.0 Å². The molecular weight excluding hydrogens is 532 g/mol. The van der Waals surface area contributed by atoms with Crippen LogP contribution < -0.4 is 9.80 Å². The number of hydrogen-bond acceptors (Lipinski definition) is 2. The van der Waals surface area contributed by atoms with Crippen molar-refractivity contribution in [1.29, 1.82) is 0 Å². The maximum absolute atomic E-state index is 2.42. The molecule has 7 rings (SSSR count). The third kappa shape index (κ3) is 4.68. The summed E-state index contributed by atoms with van der Waals surface area (Å²) < 4.78 is 0. The van der Waals surface area contributed by atoms with Crippen LogP contribution in [-0.4, -0.2) is 0 Å². The summed E-state index contributed by atoms with van der Waals surface area (Å²) in [6.07, 6.45) is 0. The molecule has 0 aromatic heterocycles. The lowest BCUT2D eigenvalue weighted by Crippen LogP contribution is -2.37. The molecule has 0 radical (unpaired) electrons. The third-order valence-electron chi connectivity index (χ3n) is 9.27. The lowest BCUT2D eigenvalue weighted by molar-refractivity contribution is 0.521. The van der Waals surface area contributed by atoms with Crippen LogP contribution in [0.25, 0.3) is 0 Å². The van der Waals surface area contributed by atoms with Crippen molar-refractivity contribution in [2.24, 2.45) is 0 Å². The predicted molar refractivity (Wildman–Crippen MR) is 187 cm³/mol. The highest BCUT2D eigenvalue weighted by Crippen LogP contribution is 2.52. The van der Waals surface area contributed by atoms with Gasteiger partial charge in [0.05, 0.1) is 0 Å². The molecule has 0 fully saturated rings. The van der Waals surface area contributed by atoms with E-state index in [4.69, 9.17) is 0 Å². The van der Waals surface area contributed by atoms with Gasteiger partial charge in [0.15, 0.2) is 0 Å². The van der Waals surface area contributed by atoms with Crippen LogP contribution in [-0.2, 0) is 10.8 Å². The summed E-state index contributed by atoms with van der Waals surface area (Å²) in [5.74, 6) is 0. The zero-order chi connectivity index (χ0) is 30.3. The molecule has 0 N–H and O–H groups in total. The quantitative estimate of drug-likeness (QED) is 0.196. The van der Waals surface area contributed by atoms with Gasteiger partial charge in [-0.05, 0) is 95.1 Å². The first-order chi connectivity index (χ1) is 21.4. The Morgan fingerprint density at radius 1 is 0.295 bits per heavy atom. The van der Waals surface area contributed by atoms with Crippen LogP contribution in [0, 0.1) is 0 Å². The van der Waals surface area contributed by atoms with E-state index >= 15 is 0 Å². The van der Waals surface area contributed by atoms with E-state index in [-0.39, 0.29) is 10.8 Å². The highest BCUT2D eigenvalue weighted by molar-refractivity contribution is 5.80. The fourth-order valence-electron chi connectivity index (χ4n) is 6.96. The van der Waals surface area contributed by atoms with Crippen molar-refractivity contribution in [3.05, 3.63) is 180 Å². The van der Waals surface area contributed by atoms with Crippen LogP contribution >= 0.6 is 0 Å². The monoisotopic (exact) mass is 570 g/mol.